The molecule has 3 aromatic rings. The molecular formula is C24H28N5O2+. The minimum atomic E-state index is -0.315. The van der Waals surface area contributed by atoms with E-state index in [1.165, 1.54) is 4.90 Å². The van der Waals surface area contributed by atoms with Crippen LogP contribution in [-0.2, 0) is 4.79 Å². The Hall–Kier alpha value is -3.45. The van der Waals surface area contributed by atoms with Crippen molar-refractivity contribution in [3.8, 4) is 5.75 Å². The van der Waals surface area contributed by atoms with Crippen LogP contribution < -0.4 is 19.9 Å². The number of carbonyl (C=O) groups excluding carboxylic acids is 1. The molecule has 1 saturated heterocycles. The zero-order valence-electron chi connectivity index (χ0n) is 17.9. The molecule has 4 rings (SSSR count). The minimum absolute atomic E-state index is 0.0329. The molecule has 2 N–H and O–H groups in total. The van der Waals surface area contributed by atoms with Crippen LogP contribution >= 0.6 is 0 Å². The third-order valence-corrected chi connectivity index (χ3v) is 5.66. The molecule has 1 aliphatic heterocycles. The zero-order chi connectivity index (χ0) is 21.6. The third-order valence-electron chi connectivity index (χ3n) is 5.66. The Bertz CT molecular complexity index is 1000. The van der Waals surface area contributed by atoms with Gasteiger partial charge in [-0.2, -0.15) is 0 Å². The van der Waals surface area contributed by atoms with Crippen LogP contribution in [0.3, 0.4) is 0 Å². The van der Waals surface area contributed by atoms with Crippen LogP contribution in [0.25, 0.3) is 0 Å². The first kappa shape index (κ1) is 20.8. The molecule has 0 saturated carbocycles. The number of piperazine rings is 1. The highest BCUT2D eigenvalue weighted by molar-refractivity contribution is 5.96. The molecule has 1 amide bonds. The average molecular weight is 419 g/mol. The molecule has 0 spiro atoms. The molecule has 0 radical (unpaired) electrons. The summed E-state index contributed by atoms with van der Waals surface area (Å²) in [6, 6.07) is 17.3. The maximum absolute atomic E-state index is 13.5. The summed E-state index contributed by atoms with van der Waals surface area (Å²) >= 11 is 0. The monoisotopic (exact) mass is 418 g/mol. The van der Waals surface area contributed by atoms with Crippen molar-refractivity contribution in [1.29, 1.82) is 0 Å². The lowest BCUT2D eigenvalue weighted by Crippen LogP contribution is -3.16. The van der Waals surface area contributed by atoms with Crippen LogP contribution in [0.4, 0.5) is 11.6 Å². The molecule has 7 nitrogen and oxygen atoms in total. The fraction of sp³-hybridized carbons (Fsp3) is 0.292. The van der Waals surface area contributed by atoms with Crippen molar-refractivity contribution in [1.82, 2.24) is 9.97 Å². The quantitative estimate of drug-likeness (QED) is 0.640. The van der Waals surface area contributed by atoms with E-state index in [9.17, 15) is 4.79 Å². The van der Waals surface area contributed by atoms with Crippen LogP contribution in [0, 0.1) is 6.92 Å². The molecule has 1 aliphatic rings. The highest BCUT2D eigenvalue weighted by Crippen LogP contribution is 2.26. The molecule has 2 aromatic carbocycles. The summed E-state index contributed by atoms with van der Waals surface area (Å²) in [5.74, 6) is 1.37. The van der Waals surface area contributed by atoms with Crippen LogP contribution in [-0.4, -0.2) is 49.2 Å². The van der Waals surface area contributed by atoms with Crippen LogP contribution in [0.2, 0.25) is 0 Å². The van der Waals surface area contributed by atoms with E-state index < -0.39 is 0 Å². The van der Waals surface area contributed by atoms with Gasteiger partial charge in [-0.3, -0.25) is 4.79 Å². The maximum atomic E-state index is 13.5. The summed E-state index contributed by atoms with van der Waals surface area (Å²) in [4.78, 5) is 25.6. The maximum Gasteiger partial charge on any atom is 0.287 e. The second-order valence-corrected chi connectivity index (χ2v) is 7.73. The summed E-state index contributed by atoms with van der Waals surface area (Å²) in [6.07, 6.45) is 3.52. The Kier molecular flexibility index (Phi) is 6.43. The standard InChI is InChI=1S/C24H27N5O2/c1-18-9-10-21(31-2)20(17-18)27-23(30)22(19-7-4-3-5-8-19)28-13-15-29(16-14-28)24-25-11-6-12-26-24/h3-12,17,22H,13-16H2,1-2H3,(H,27,30)/p+1/t22-/m1/s1. The number of carbonyl (C=O) groups is 1. The number of aryl methyl sites for hydroxylation is 1. The second kappa shape index (κ2) is 9.57. The van der Waals surface area contributed by atoms with Crippen molar-refractivity contribution < 1.29 is 14.4 Å². The van der Waals surface area contributed by atoms with E-state index in [1.54, 1.807) is 19.5 Å². The third kappa shape index (κ3) is 4.83. The number of anilines is 2. The van der Waals surface area contributed by atoms with E-state index in [0.29, 0.717) is 11.4 Å². The van der Waals surface area contributed by atoms with E-state index >= 15 is 0 Å². The molecule has 0 aliphatic carbocycles. The summed E-state index contributed by atoms with van der Waals surface area (Å²) in [7, 11) is 1.62. The Labute approximate surface area is 182 Å². The summed E-state index contributed by atoms with van der Waals surface area (Å²) in [6.45, 7) is 5.22. The van der Waals surface area contributed by atoms with Gasteiger partial charge in [0.25, 0.3) is 5.91 Å². The smallest absolute Gasteiger partial charge is 0.287 e. The van der Waals surface area contributed by atoms with Crippen molar-refractivity contribution in [2.45, 2.75) is 13.0 Å². The van der Waals surface area contributed by atoms with Crippen molar-refractivity contribution in [2.75, 3.05) is 43.5 Å². The first-order valence-corrected chi connectivity index (χ1v) is 10.5. The number of rotatable bonds is 6. The highest BCUT2D eigenvalue weighted by Gasteiger charge is 2.35. The average Bonchev–Trinajstić information content (AvgIpc) is 2.81. The van der Waals surface area contributed by atoms with E-state index in [4.69, 9.17) is 4.74 Å². The number of quaternary nitrogens is 1. The van der Waals surface area contributed by atoms with Gasteiger partial charge in [0.05, 0.1) is 39.0 Å². The van der Waals surface area contributed by atoms with E-state index in [-0.39, 0.29) is 11.9 Å². The predicted molar refractivity (Wildman–Crippen MR) is 120 cm³/mol. The van der Waals surface area contributed by atoms with E-state index in [0.717, 1.165) is 43.3 Å². The predicted octanol–water partition coefficient (Wildman–Crippen LogP) is 1.88. The molecule has 0 bridgehead atoms. The molecule has 1 atom stereocenters. The number of nitrogens with one attached hydrogen (secondary N) is 2. The van der Waals surface area contributed by atoms with Gasteiger partial charge in [-0.25, -0.2) is 9.97 Å². The first-order chi connectivity index (χ1) is 15.2. The van der Waals surface area contributed by atoms with Gasteiger partial charge >= 0.3 is 0 Å². The van der Waals surface area contributed by atoms with Crippen LogP contribution in [0.15, 0.2) is 67.0 Å². The largest absolute Gasteiger partial charge is 0.495 e. The number of nitrogens with zero attached hydrogens (tertiary/aromatic N) is 3. The Balaban J connectivity index is 1.55. The minimum Gasteiger partial charge on any atom is -0.495 e. The lowest BCUT2D eigenvalue weighted by atomic mass is 10.0. The van der Waals surface area contributed by atoms with Crippen molar-refractivity contribution >= 4 is 17.5 Å². The van der Waals surface area contributed by atoms with Gasteiger partial charge in [0.2, 0.25) is 5.95 Å². The van der Waals surface area contributed by atoms with Gasteiger partial charge in [-0.15, -0.1) is 0 Å². The van der Waals surface area contributed by atoms with Gasteiger partial charge in [0.1, 0.15) is 5.75 Å². The summed E-state index contributed by atoms with van der Waals surface area (Å²) in [5, 5.41) is 3.12. The van der Waals surface area contributed by atoms with Crippen molar-refractivity contribution in [2.24, 2.45) is 0 Å². The van der Waals surface area contributed by atoms with E-state index in [2.05, 4.69) is 20.2 Å². The van der Waals surface area contributed by atoms with Gasteiger partial charge in [0.15, 0.2) is 6.04 Å². The normalized spacial score (nSPS) is 15.4. The molecule has 2 heterocycles. The van der Waals surface area contributed by atoms with Gasteiger partial charge in [0, 0.05) is 18.0 Å². The molecule has 0 unspecified atom stereocenters. The number of benzene rings is 2. The molecule has 7 heteroatoms. The lowest BCUT2D eigenvalue weighted by Gasteiger charge is -2.36. The number of ether oxygens (including phenoxy) is 1. The fourth-order valence-electron chi connectivity index (χ4n) is 4.08. The Morgan fingerprint density at radius 3 is 2.45 bits per heavy atom. The van der Waals surface area contributed by atoms with Gasteiger partial charge in [-0.1, -0.05) is 36.4 Å². The van der Waals surface area contributed by atoms with Gasteiger partial charge < -0.3 is 19.9 Å². The molecular weight excluding hydrogens is 390 g/mol. The van der Waals surface area contributed by atoms with Crippen molar-refractivity contribution in [3.63, 3.8) is 0 Å². The number of aromatic nitrogens is 2. The first-order valence-electron chi connectivity index (χ1n) is 10.5. The molecule has 1 fully saturated rings. The topological polar surface area (TPSA) is 71.8 Å². The molecule has 1 aromatic heterocycles. The summed E-state index contributed by atoms with van der Waals surface area (Å²) in [5.41, 5.74) is 2.77. The van der Waals surface area contributed by atoms with Crippen LogP contribution in [0.5, 0.6) is 5.75 Å². The number of amides is 1. The fourth-order valence-corrected chi connectivity index (χ4v) is 4.08. The highest BCUT2D eigenvalue weighted by atomic mass is 16.5. The second-order valence-electron chi connectivity index (χ2n) is 7.73. The van der Waals surface area contributed by atoms with E-state index in [1.807, 2.05) is 61.5 Å². The molecule has 31 heavy (non-hydrogen) atoms. The lowest BCUT2D eigenvalue weighted by molar-refractivity contribution is -0.922. The Morgan fingerprint density at radius 2 is 1.77 bits per heavy atom. The number of hydrogen-bond acceptors (Lipinski definition) is 5. The van der Waals surface area contributed by atoms with Gasteiger partial charge in [-0.05, 0) is 30.7 Å². The summed E-state index contributed by atoms with van der Waals surface area (Å²) < 4.78 is 5.45. The number of hydrogen-bond donors (Lipinski definition) is 2. The Morgan fingerprint density at radius 1 is 1.06 bits per heavy atom. The zero-order valence-corrected chi connectivity index (χ0v) is 17.9. The van der Waals surface area contributed by atoms with Crippen LogP contribution in [0.1, 0.15) is 17.2 Å². The SMILES string of the molecule is COc1ccc(C)cc1NC(=O)[C@@H](c1ccccc1)[NH+]1CCN(c2ncccn2)CC1. The molecule has 160 valence electrons. The van der Waals surface area contributed by atoms with Crippen molar-refractivity contribution in [3.05, 3.63) is 78.1 Å². The number of methoxy groups -OCH3 is 1.